The van der Waals surface area contributed by atoms with Gasteiger partial charge in [-0.1, -0.05) is 60.3 Å². The Balaban J connectivity index is 1.51. The number of thiophene rings is 1. The summed E-state index contributed by atoms with van der Waals surface area (Å²) in [6.07, 6.45) is 0. The molecule has 0 unspecified atom stereocenters. The average Bonchev–Trinajstić information content (AvgIpc) is 3.19. The summed E-state index contributed by atoms with van der Waals surface area (Å²) in [6.45, 7) is 0. The third kappa shape index (κ3) is 3.72. The highest BCUT2D eigenvalue weighted by Crippen LogP contribution is 2.28. The van der Waals surface area contributed by atoms with Crippen molar-refractivity contribution < 1.29 is 4.79 Å². The topological polar surface area (TPSA) is 64.0 Å². The second kappa shape index (κ2) is 8.00. The molecule has 5 nitrogen and oxygen atoms in total. The molecule has 1 N–H and O–H groups in total. The van der Waals surface area contributed by atoms with Gasteiger partial charge in [-0.2, -0.15) is 0 Å². The van der Waals surface area contributed by atoms with Gasteiger partial charge >= 0.3 is 0 Å². The maximum atomic E-state index is 12.5. The van der Waals surface area contributed by atoms with Crippen molar-refractivity contribution in [3.05, 3.63) is 76.4 Å². The maximum absolute atomic E-state index is 12.5. The molecule has 0 spiro atoms. The number of thioether (sulfide) groups is 1. The van der Waals surface area contributed by atoms with Crippen LogP contribution in [-0.4, -0.2) is 21.2 Å². The van der Waals surface area contributed by atoms with E-state index in [0.29, 0.717) is 15.4 Å². The Kier molecular flexibility index (Phi) is 5.27. The van der Waals surface area contributed by atoms with Crippen molar-refractivity contribution in [2.45, 2.75) is 5.16 Å². The van der Waals surface area contributed by atoms with E-state index in [1.165, 1.54) is 27.7 Å². The van der Waals surface area contributed by atoms with Gasteiger partial charge in [0.2, 0.25) is 5.91 Å². The van der Waals surface area contributed by atoms with Crippen molar-refractivity contribution in [2.75, 3.05) is 11.1 Å². The van der Waals surface area contributed by atoms with Gasteiger partial charge < -0.3 is 5.32 Å². The number of benzene rings is 2. The zero-order valence-corrected chi connectivity index (χ0v) is 16.7. The summed E-state index contributed by atoms with van der Waals surface area (Å²) < 4.78 is 1.49. The molecule has 0 aliphatic rings. The smallest absolute Gasteiger partial charge is 0.262 e. The van der Waals surface area contributed by atoms with E-state index in [0.717, 1.165) is 16.8 Å². The number of anilines is 1. The van der Waals surface area contributed by atoms with E-state index < -0.39 is 0 Å². The van der Waals surface area contributed by atoms with Crippen molar-refractivity contribution in [2.24, 2.45) is 7.05 Å². The molecule has 0 aliphatic carbocycles. The summed E-state index contributed by atoms with van der Waals surface area (Å²) in [5, 5.41) is 5.96. The van der Waals surface area contributed by atoms with E-state index in [1.54, 1.807) is 13.1 Å². The van der Waals surface area contributed by atoms with Gasteiger partial charge in [-0.05, 0) is 23.1 Å². The first-order chi connectivity index (χ1) is 13.6. The molecule has 2 heterocycles. The molecular formula is C21H17N3O2S2. The molecule has 7 heteroatoms. The Morgan fingerprint density at radius 1 is 1.11 bits per heavy atom. The maximum Gasteiger partial charge on any atom is 0.262 e. The number of carbonyl (C=O) groups excluding carboxylic acids is 1. The Labute approximate surface area is 170 Å². The second-order valence-electron chi connectivity index (χ2n) is 6.15. The van der Waals surface area contributed by atoms with E-state index in [1.807, 2.05) is 60.0 Å². The summed E-state index contributed by atoms with van der Waals surface area (Å²) >= 11 is 2.68. The van der Waals surface area contributed by atoms with Crippen molar-refractivity contribution in [3.8, 4) is 11.1 Å². The quantitative estimate of drug-likeness (QED) is 0.394. The summed E-state index contributed by atoms with van der Waals surface area (Å²) in [6, 6.07) is 19.4. The number of rotatable bonds is 5. The Morgan fingerprint density at radius 2 is 1.86 bits per heavy atom. The molecule has 140 valence electrons. The molecule has 0 radical (unpaired) electrons. The van der Waals surface area contributed by atoms with Gasteiger partial charge in [0.25, 0.3) is 5.56 Å². The van der Waals surface area contributed by atoms with Crippen LogP contribution in [0.5, 0.6) is 0 Å². The van der Waals surface area contributed by atoms with Crippen molar-refractivity contribution in [1.29, 1.82) is 0 Å². The third-order valence-electron chi connectivity index (χ3n) is 4.28. The Hall–Kier alpha value is -2.90. The van der Waals surface area contributed by atoms with Crippen molar-refractivity contribution >= 4 is 44.9 Å². The van der Waals surface area contributed by atoms with Crippen LogP contribution in [0.15, 0.2) is 76.0 Å². The lowest BCUT2D eigenvalue weighted by atomic mass is 10.0. The molecule has 4 rings (SSSR count). The second-order valence-corrected chi connectivity index (χ2v) is 7.98. The molecule has 1 amide bonds. The normalized spacial score (nSPS) is 10.9. The molecule has 0 saturated carbocycles. The van der Waals surface area contributed by atoms with Gasteiger partial charge in [0.05, 0.1) is 11.1 Å². The fourth-order valence-electron chi connectivity index (χ4n) is 2.89. The van der Waals surface area contributed by atoms with E-state index in [2.05, 4.69) is 10.3 Å². The van der Waals surface area contributed by atoms with E-state index >= 15 is 0 Å². The number of para-hydroxylation sites is 1. The molecule has 0 aliphatic heterocycles. The van der Waals surface area contributed by atoms with Gasteiger partial charge in [0, 0.05) is 18.3 Å². The number of aromatic nitrogens is 2. The standard InChI is InChI=1S/C21H17N3O2S2/c1-24-20(26)16-11-12-27-19(16)23-21(24)28-13-18(25)22-17-10-6-5-9-15(17)14-7-3-2-4-8-14/h2-12H,13H2,1H3,(H,22,25). The van der Waals surface area contributed by atoms with Gasteiger partial charge in [0.15, 0.2) is 5.16 Å². The van der Waals surface area contributed by atoms with Gasteiger partial charge in [-0.25, -0.2) is 4.98 Å². The number of carbonyl (C=O) groups is 1. The van der Waals surface area contributed by atoms with Gasteiger partial charge in [-0.15, -0.1) is 11.3 Å². The van der Waals surface area contributed by atoms with Crippen LogP contribution in [0.1, 0.15) is 0 Å². The minimum atomic E-state index is -0.145. The molecule has 2 aromatic carbocycles. The highest BCUT2D eigenvalue weighted by Gasteiger charge is 2.13. The minimum absolute atomic E-state index is 0.0939. The number of nitrogens with one attached hydrogen (secondary N) is 1. The van der Waals surface area contributed by atoms with Crippen LogP contribution < -0.4 is 10.9 Å². The van der Waals surface area contributed by atoms with Crippen LogP contribution in [0.25, 0.3) is 21.3 Å². The molecule has 0 bridgehead atoms. The zero-order valence-electron chi connectivity index (χ0n) is 15.1. The van der Waals surface area contributed by atoms with Crippen LogP contribution in [-0.2, 0) is 11.8 Å². The molecule has 0 atom stereocenters. The number of amides is 1. The largest absolute Gasteiger partial charge is 0.325 e. The number of fused-ring (bicyclic) bond motifs is 1. The third-order valence-corrected chi connectivity index (χ3v) is 6.12. The molecule has 0 saturated heterocycles. The van der Waals surface area contributed by atoms with Gasteiger partial charge in [0.1, 0.15) is 4.83 Å². The summed E-state index contributed by atoms with van der Waals surface area (Å²) in [4.78, 5) is 30.1. The molecular weight excluding hydrogens is 390 g/mol. The van der Waals surface area contributed by atoms with Crippen LogP contribution in [0.2, 0.25) is 0 Å². The fourth-order valence-corrected chi connectivity index (χ4v) is 4.46. The first-order valence-electron chi connectivity index (χ1n) is 8.65. The SMILES string of the molecule is Cn1c(SCC(=O)Nc2ccccc2-c2ccccc2)nc2sccc2c1=O. The average molecular weight is 408 g/mol. The molecule has 0 fully saturated rings. The Morgan fingerprint density at radius 3 is 2.68 bits per heavy atom. The highest BCUT2D eigenvalue weighted by atomic mass is 32.2. The van der Waals surface area contributed by atoms with Crippen LogP contribution in [0, 0.1) is 0 Å². The molecule has 2 aromatic heterocycles. The van der Waals surface area contributed by atoms with Crippen LogP contribution >= 0.6 is 23.1 Å². The van der Waals surface area contributed by atoms with Crippen LogP contribution in [0.4, 0.5) is 5.69 Å². The lowest BCUT2D eigenvalue weighted by Crippen LogP contribution is -2.21. The zero-order chi connectivity index (χ0) is 19.5. The fraction of sp³-hybridized carbons (Fsp3) is 0.0952. The van der Waals surface area contributed by atoms with Crippen molar-refractivity contribution in [3.63, 3.8) is 0 Å². The number of nitrogens with zero attached hydrogens (tertiary/aromatic N) is 2. The Bertz CT molecular complexity index is 1200. The predicted octanol–water partition coefficient (Wildman–Crippen LogP) is 4.39. The van der Waals surface area contributed by atoms with E-state index in [-0.39, 0.29) is 17.2 Å². The summed E-state index contributed by atoms with van der Waals surface area (Å²) in [7, 11) is 1.68. The van der Waals surface area contributed by atoms with E-state index in [9.17, 15) is 9.59 Å². The summed E-state index contributed by atoms with van der Waals surface area (Å²) in [5.41, 5.74) is 2.67. The molecule has 28 heavy (non-hydrogen) atoms. The predicted molar refractivity (Wildman–Crippen MR) is 116 cm³/mol. The monoisotopic (exact) mass is 407 g/mol. The minimum Gasteiger partial charge on any atom is -0.325 e. The molecule has 4 aromatic rings. The van der Waals surface area contributed by atoms with E-state index in [4.69, 9.17) is 0 Å². The number of hydrogen-bond donors (Lipinski definition) is 1. The first kappa shape index (κ1) is 18.5. The highest BCUT2D eigenvalue weighted by molar-refractivity contribution is 7.99. The lowest BCUT2D eigenvalue weighted by molar-refractivity contribution is -0.113. The number of hydrogen-bond acceptors (Lipinski definition) is 5. The van der Waals surface area contributed by atoms with Crippen molar-refractivity contribution in [1.82, 2.24) is 9.55 Å². The first-order valence-corrected chi connectivity index (χ1v) is 10.5. The van der Waals surface area contributed by atoms with Gasteiger partial charge in [-0.3, -0.25) is 14.2 Å². The lowest BCUT2D eigenvalue weighted by Gasteiger charge is -2.11. The summed E-state index contributed by atoms with van der Waals surface area (Å²) in [5.74, 6) is 0.0224. The van der Waals surface area contributed by atoms with Crippen LogP contribution in [0.3, 0.4) is 0 Å².